The zero-order chi connectivity index (χ0) is 72.5. The number of aromatic hydroxyl groups is 1. The van der Waals surface area contributed by atoms with E-state index in [0.29, 0.717) is 23.1 Å². The number of nitrogens with zero attached hydrogens (tertiary/aromatic N) is 1. The van der Waals surface area contributed by atoms with Crippen LogP contribution in [0.2, 0.25) is 0 Å². The van der Waals surface area contributed by atoms with Crippen LogP contribution in [0.5, 0.6) is 11.5 Å². The Kier molecular flexibility index (Phi) is 22.0. The molecule has 0 radical (unpaired) electrons. The predicted molar refractivity (Wildman–Crippen MR) is 340 cm³/mol. The second-order valence-corrected chi connectivity index (χ2v) is 30.4. The minimum atomic E-state index is -1.83. The quantitative estimate of drug-likeness (QED) is 0.0908. The number of ether oxygens (including phenoxy) is 23. The molecule has 11 heterocycles. The molecule has 0 amide bonds. The van der Waals surface area contributed by atoms with Crippen LogP contribution in [0.4, 0.5) is 0 Å². The first-order valence-electron chi connectivity index (χ1n) is 35.4. The fraction of sp³-hybridized carbons (Fsp3) is 0.899. The van der Waals surface area contributed by atoms with Crippen molar-refractivity contribution in [1.82, 2.24) is 0 Å². The van der Waals surface area contributed by atoms with Gasteiger partial charge in [0.25, 0.3) is 11.5 Å². The van der Waals surface area contributed by atoms with Crippen LogP contribution < -0.4 is 4.74 Å². The van der Waals surface area contributed by atoms with Gasteiger partial charge in [0.05, 0.1) is 87.6 Å². The number of aliphatic hydroxyl groups excluding tert-OH is 3. The highest BCUT2D eigenvalue weighted by Gasteiger charge is 2.70. The van der Waals surface area contributed by atoms with Crippen LogP contribution in [0, 0.1) is 54.1 Å². The smallest absolute Gasteiger partial charge is 0.342 e. The molecule has 0 aliphatic carbocycles. The van der Waals surface area contributed by atoms with E-state index in [9.17, 15) is 35.3 Å². The molecule has 35 unspecified atom stereocenters. The van der Waals surface area contributed by atoms with Crippen molar-refractivity contribution in [1.29, 1.82) is 0 Å². The molecule has 1 aromatic carbocycles. The molecule has 11 aliphatic heterocycles. The fourth-order valence-corrected chi connectivity index (χ4v) is 17.1. The van der Waals surface area contributed by atoms with Crippen LogP contribution in [0.1, 0.15) is 150 Å². The number of nitro groups is 1. The Balaban J connectivity index is 0.688. The standard InChI is InChI=1S/C69H107NO30/c1-21-40-54(47(73)30(5)62(89-40)94-61-31(6)49-42(25-81-61)97-69(98-49)59-58(82-26-83-59)65(14,15)38(13)96-69)92-64-48(74)55(53(79-19)34(9)86-64)93-63-32(7)67(17)57(37(12)87-63)99-68(100-67)23-39(71)51(35(10)95-68)90-43-22-41(88-44-24-66(16,70(76)77)56(80-20)36(11)85-44)52(33(8)84-43)91-60(75)45-27(2)28(3)46(72)29(4)50(45)78-18/h30-44,47-49,51-59,61-64,71-74H,21-26H2,1-20H3. The number of methoxy groups -OCH3 is 3. The Labute approximate surface area is 583 Å². The molecule has 4 N–H and O–H groups in total. The van der Waals surface area contributed by atoms with Gasteiger partial charge in [-0.25, -0.2) is 4.79 Å². The summed E-state index contributed by atoms with van der Waals surface area (Å²) in [6.45, 7) is 30.6. The summed E-state index contributed by atoms with van der Waals surface area (Å²) in [6.07, 6.45) is -25.8. The van der Waals surface area contributed by atoms with Crippen LogP contribution in [-0.2, 0) is 104 Å². The number of carbonyl (C=O) groups excluding carboxylic acids is 1. The minimum Gasteiger partial charge on any atom is -0.507 e. The van der Waals surface area contributed by atoms with Gasteiger partial charge in [0.1, 0.15) is 84.4 Å². The van der Waals surface area contributed by atoms with Crippen molar-refractivity contribution < 1.29 is 139 Å². The van der Waals surface area contributed by atoms with E-state index >= 15 is 0 Å². The van der Waals surface area contributed by atoms with E-state index in [1.54, 1.807) is 62.3 Å². The molecule has 31 nitrogen and oxygen atoms in total. The largest absolute Gasteiger partial charge is 0.507 e. The summed E-state index contributed by atoms with van der Waals surface area (Å²) in [4.78, 5) is 26.7. The van der Waals surface area contributed by atoms with Crippen molar-refractivity contribution in [3.63, 3.8) is 0 Å². The molecule has 12 rings (SSSR count). The van der Waals surface area contributed by atoms with Crippen molar-refractivity contribution in [2.75, 3.05) is 34.7 Å². The molecule has 0 bridgehead atoms. The highest BCUT2D eigenvalue weighted by Crippen LogP contribution is 2.55. The van der Waals surface area contributed by atoms with Gasteiger partial charge in [0, 0.05) is 61.2 Å². The number of carbonyl (C=O) groups is 1. The number of esters is 1. The van der Waals surface area contributed by atoms with Crippen molar-refractivity contribution in [3.05, 3.63) is 32.4 Å². The van der Waals surface area contributed by atoms with E-state index in [1.165, 1.54) is 28.3 Å². The minimum absolute atomic E-state index is 0.0324. The summed E-state index contributed by atoms with van der Waals surface area (Å²) >= 11 is 0. The summed E-state index contributed by atoms with van der Waals surface area (Å²) in [5.74, 6) is -5.73. The first-order valence-corrected chi connectivity index (χ1v) is 35.4. The van der Waals surface area contributed by atoms with Crippen molar-refractivity contribution in [2.45, 2.75) is 339 Å². The molecule has 568 valence electrons. The summed E-state index contributed by atoms with van der Waals surface area (Å²) in [5, 5.41) is 60.3. The molecule has 11 fully saturated rings. The predicted octanol–water partition coefficient (Wildman–Crippen LogP) is 4.98. The molecule has 2 spiro atoms. The number of phenols is 1. The second kappa shape index (κ2) is 28.8. The van der Waals surface area contributed by atoms with E-state index in [0.717, 1.165) is 0 Å². The molecule has 35 atom stereocenters. The van der Waals surface area contributed by atoms with E-state index in [4.69, 9.17) is 109 Å². The van der Waals surface area contributed by atoms with E-state index in [2.05, 4.69) is 13.8 Å². The third-order valence-corrected chi connectivity index (χ3v) is 23.6. The van der Waals surface area contributed by atoms with E-state index in [1.807, 2.05) is 34.6 Å². The Morgan fingerprint density at radius 3 is 1.97 bits per heavy atom. The van der Waals surface area contributed by atoms with Crippen LogP contribution in [0.3, 0.4) is 0 Å². The zero-order valence-electron chi connectivity index (χ0n) is 61.0. The van der Waals surface area contributed by atoms with Crippen LogP contribution in [0.15, 0.2) is 0 Å². The summed E-state index contributed by atoms with van der Waals surface area (Å²) in [6, 6.07) is 0. The van der Waals surface area contributed by atoms with Gasteiger partial charge < -0.3 is 129 Å². The Hall–Kier alpha value is -3.27. The van der Waals surface area contributed by atoms with Crippen molar-refractivity contribution in [3.8, 4) is 11.5 Å². The molecular formula is C69H107NO30. The van der Waals surface area contributed by atoms with Crippen LogP contribution >= 0.6 is 0 Å². The van der Waals surface area contributed by atoms with Gasteiger partial charge in [-0.2, -0.15) is 0 Å². The van der Waals surface area contributed by atoms with Gasteiger partial charge in [-0.05, 0) is 86.8 Å². The van der Waals surface area contributed by atoms with Crippen molar-refractivity contribution >= 4 is 5.97 Å². The second-order valence-electron chi connectivity index (χ2n) is 30.4. The number of fused-ring (bicyclic) bond motifs is 4. The number of hydrogen-bond acceptors (Lipinski definition) is 30. The lowest BCUT2D eigenvalue weighted by molar-refractivity contribution is -0.595. The normalized spacial score (nSPS) is 50.0. The lowest BCUT2D eigenvalue weighted by atomic mass is 9.76. The number of hydrogen-bond donors (Lipinski definition) is 4. The maximum Gasteiger partial charge on any atom is 0.342 e. The third-order valence-electron chi connectivity index (χ3n) is 23.6. The monoisotopic (exact) mass is 1430 g/mol. The molecule has 100 heavy (non-hydrogen) atoms. The number of benzene rings is 1. The number of rotatable bonds is 17. The molecule has 0 saturated carbocycles. The summed E-state index contributed by atoms with van der Waals surface area (Å²) in [5.41, 5.74) is -1.93. The highest BCUT2D eigenvalue weighted by atomic mass is 16.9. The van der Waals surface area contributed by atoms with E-state index in [-0.39, 0.29) is 73.3 Å². The van der Waals surface area contributed by atoms with Gasteiger partial charge in [-0.15, -0.1) is 0 Å². The van der Waals surface area contributed by atoms with Gasteiger partial charge in [0.15, 0.2) is 56.1 Å². The maximum atomic E-state index is 14.4. The lowest BCUT2D eigenvalue weighted by Crippen LogP contribution is -2.65. The fourth-order valence-electron chi connectivity index (χ4n) is 17.1. The Bertz CT molecular complexity index is 3060. The molecule has 31 heteroatoms. The average Bonchev–Trinajstić information content (AvgIpc) is 1.56. The maximum absolute atomic E-state index is 14.4. The molecular weight excluding hydrogens is 1320 g/mol. The zero-order valence-corrected chi connectivity index (χ0v) is 61.0. The van der Waals surface area contributed by atoms with Gasteiger partial charge >= 0.3 is 11.9 Å². The third kappa shape index (κ3) is 13.2. The Morgan fingerprint density at radius 1 is 0.620 bits per heavy atom. The first kappa shape index (κ1) is 76.4. The SMILES string of the molecule is CCC1OC(OC2OCC3OC4(OC3C2C)OC(C)C(C)(C)C2OCOC24)C(C)C(O)C1OC1OC(C)C(OC)C(OC2OC(C)C3OC4(CC(O)C(OC5CC(OC6CC(C)([N+](=O)[O-])C(OC)C(C)O6)C(OC(=O)c6c(C)c(C)c(O)c(C)c6OC)C(C)O5)C(C)O4)OC3(C)C2C)C1O. The molecule has 11 aliphatic rings. The van der Waals surface area contributed by atoms with Crippen molar-refractivity contribution in [2.24, 2.45) is 23.2 Å². The van der Waals surface area contributed by atoms with Gasteiger partial charge in [0.2, 0.25) is 0 Å². The number of aliphatic hydroxyl groups is 3. The summed E-state index contributed by atoms with van der Waals surface area (Å²) in [7, 11) is 4.24. The molecule has 1 aromatic rings. The summed E-state index contributed by atoms with van der Waals surface area (Å²) < 4.78 is 147. The lowest BCUT2D eigenvalue weighted by Gasteiger charge is -2.51. The van der Waals surface area contributed by atoms with E-state index < -0.39 is 206 Å². The topological polar surface area (TPSA) is 353 Å². The Morgan fingerprint density at radius 2 is 1.30 bits per heavy atom. The number of phenolic OH excluding ortho intramolecular Hbond substituents is 1. The highest BCUT2D eigenvalue weighted by molar-refractivity contribution is 5.96. The van der Waals surface area contributed by atoms with Crippen LogP contribution in [0.25, 0.3) is 0 Å². The van der Waals surface area contributed by atoms with Crippen LogP contribution in [-0.4, -0.2) is 261 Å². The van der Waals surface area contributed by atoms with Gasteiger partial charge in [-0.1, -0.05) is 41.5 Å². The average molecular weight is 1430 g/mol. The molecule has 0 aromatic heterocycles. The first-order chi connectivity index (χ1) is 47.1. The molecule has 11 saturated heterocycles. The van der Waals surface area contributed by atoms with Gasteiger partial charge in [-0.3, -0.25) is 10.1 Å².